The van der Waals surface area contributed by atoms with Crippen LogP contribution in [0.4, 0.5) is 10.1 Å². The van der Waals surface area contributed by atoms with Crippen molar-refractivity contribution < 1.29 is 42.4 Å². The zero-order valence-electron chi connectivity index (χ0n) is 18.4. The summed E-state index contributed by atoms with van der Waals surface area (Å²) in [6, 6.07) is 12.3. The number of aryl methyl sites for hydroxylation is 1. The molecule has 1 aliphatic carbocycles. The number of hydrogen-bond donors (Lipinski definition) is 0. The predicted octanol–water partition coefficient (Wildman–Crippen LogP) is 1.01. The van der Waals surface area contributed by atoms with Crippen LogP contribution in [0.5, 0.6) is 5.75 Å². The summed E-state index contributed by atoms with van der Waals surface area (Å²) < 4.78 is 20.7. The number of anilines is 1. The van der Waals surface area contributed by atoms with Gasteiger partial charge in [-0.15, -0.1) is 0 Å². The standard InChI is InChI=1S/C24H29FN3O2.HI/c1-16(15-28(2,3)4)30-21-11-9-20(10-12-21)27-23(29)13-18-6-5-17-7-8-19(25)14-22(17)24(18)26-27;/h7-12,14,16,18H,5-6,13,15H2,1-4H3;1H/q+1;/p-1. The predicted molar refractivity (Wildman–Crippen MR) is 116 cm³/mol. The number of halogens is 2. The highest BCUT2D eigenvalue weighted by atomic mass is 127. The van der Waals surface area contributed by atoms with E-state index in [4.69, 9.17) is 4.74 Å². The number of rotatable bonds is 5. The summed E-state index contributed by atoms with van der Waals surface area (Å²) in [4.78, 5) is 12.8. The molecule has 0 aromatic heterocycles. The Bertz CT molecular complexity index is 985. The summed E-state index contributed by atoms with van der Waals surface area (Å²) in [5, 5.41) is 6.12. The second-order valence-electron chi connectivity index (χ2n) is 9.33. The highest BCUT2D eigenvalue weighted by molar-refractivity contribution is 6.11. The van der Waals surface area contributed by atoms with Crippen LogP contribution in [-0.2, 0) is 11.2 Å². The molecule has 1 heterocycles. The summed E-state index contributed by atoms with van der Waals surface area (Å²) in [7, 11) is 6.39. The van der Waals surface area contributed by atoms with Crippen molar-refractivity contribution in [1.29, 1.82) is 0 Å². The number of likely N-dealkylation sites (N-methyl/N-ethyl adjacent to an activating group) is 1. The fourth-order valence-corrected chi connectivity index (χ4v) is 4.40. The van der Waals surface area contributed by atoms with E-state index in [2.05, 4.69) is 33.2 Å². The van der Waals surface area contributed by atoms with Gasteiger partial charge in [-0.25, -0.2) is 9.40 Å². The van der Waals surface area contributed by atoms with Crippen LogP contribution >= 0.6 is 0 Å². The zero-order valence-corrected chi connectivity index (χ0v) is 20.6. The number of benzene rings is 2. The van der Waals surface area contributed by atoms with Crippen molar-refractivity contribution >= 4 is 17.3 Å². The number of carbonyl (C=O) groups is 1. The number of quaternary nitrogens is 1. The Labute approximate surface area is 200 Å². The molecule has 0 spiro atoms. The minimum Gasteiger partial charge on any atom is -1.00 e. The number of nitrogens with zero attached hydrogens (tertiary/aromatic N) is 3. The maximum atomic E-state index is 13.9. The molecule has 0 fully saturated rings. The van der Waals surface area contributed by atoms with Gasteiger partial charge in [-0.3, -0.25) is 4.79 Å². The lowest BCUT2D eigenvalue weighted by Gasteiger charge is -2.33. The van der Waals surface area contributed by atoms with E-state index in [-0.39, 0.29) is 47.7 Å². The Morgan fingerprint density at radius 3 is 2.58 bits per heavy atom. The fourth-order valence-electron chi connectivity index (χ4n) is 4.40. The Morgan fingerprint density at radius 2 is 1.90 bits per heavy atom. The molecule has 2 aromatic carbocycles. The molecule has 0 saturated carbocycles. The van der Waals surface area contributed by atoms with Gasteiger partial charge in [0.25, 0.3) is 0 Å². The molecule has 2 aliphatic rings. The lowest BCUT2D eigenvalue weighted by Crippen LogP contribution is -3.00. The van der Waals surface area contributed by atoms with Crippen molar-refractivity contribution in [2.24, 2.45) is 11.0 Å². The van der Waals surface area contributed by atoms with Gasteiger partial charge in [-0.2, -0.15) is 5.10 Å². The Morgan fingerprint density at radius 1 is 1.19 bits per heavy atom. The van der Waals surface area contributed by atoms with Gasteiger partial charge >= 0.3 is 0 Å². The molecule has 0 saturated heterocycles. The molecular formula is C24H29FIN3O2. The van der Waals surface area contributed by atoms with E-state index in [9.17, 15) is 9.18 Å². The van der Waals surface area contributed by atoms with Crippen molar-refractivity contribution in [2.45, 2.75) is 32.3 Å². The molecule has 1 aliphatic heterocycles. The third-order valence-corrected chi connectivity index (χ3v) is 5.59. The summed E-state index contributed by atoms with van der Waals surface area (Å²) >= 11 is 0. The van der Waals surface area contributed by atoms with Gasteiger partial charge < -0.3 is 33.2 Å². The van der Waals surface area contributed by atoms with Crippen molar-refractivity contribution in [1.82, 2.24) is 0 Å². The Balaban J connectivity index is 0.00000272. The zero-order chi connectivity index (χ0) is 21.5. The van der Waals surface area contributed by atoms with Crippen molar-refractivity contribution in [3.8, 4) is 5.75 Å². The van der Waals surface area contributed by atoms with E-state index in [0.29, 0.717) is 12.1 Å². The third kappa shape index (κ3) is 5.44. The lowest BCUT2D eigenvalue weighted by molar-refractivity contribution is -0.872. The van der Waals surface area contributed by atoms with E-state index in [1.165, 1.54) is 11.1 Å². The maximum absolute atomic E-state index is 13.9. The first kappa shape index (κ1) is 23.7. The van der Waals surface area contributed by atoms with Crippen LogP contribution in [0.3, 0.4) is 0 Å². The van der Waals surface area contributed by atoms with Crippen molar-refractivity contribution in [3.63, 3.8) is 0 Å². The highest BCUT2D eigenvalue weighted by Gasteiger charge is 2.34. The first-order valence-electron chi connectivity index (χ1n) is 10.5. The molecule has 4 rings (SSSR count). The number of hydrogen-bond acceptors (Lipinski definition) is 3. The number of ether oxygens (including phenoxy) is 1. The topological polar surface area (TPSA) is 41.9 Å². The third-order valence-electron chi connectivity index (χ3n) is 5.59. The average molecular weight is 537 g/mol. The molecule has 31 heavy (non-hydrogen) atoms. The monoisotopic (exact) mass is 537 g/mol. The molecule has 166 valence electrons. The molecule has 5 nitrogen and oxygen atoms in total. The molecule has 0 bridgehead atoms. The van der Waals surface area contributed by atoms with E-state index >= 15 is 0 Å². The van der Waals surface area contributed by atoms with E-state index in [0.717, 1.165) is 46.5 Å². The maximum Gasteiger partial charge on any atom is 0.248 e. The smallest absolute Gasteiger partial charge is 0.248 e. The molecule has 2 atom stereocenters. The normalized spacial score (nSPS) is 19.0. The second kappa shape index (κ2) is 9.24. The van der Waals surface area contributed by atoms with Crippen LogP contribution in [0.2, 0.25) is 0 Å². The van der Waals surface area contributed by atoms with Crippen molar-refractivity contribution in [3.05, 3.63) is 59.4 Å². The summed E-state index contributed by atoms with van der Waals surface area (Å²) in [5.74, 6) is 0.516. The largest absolute Gasteiger partial charge is 1.00 e. The van der Waals surface area contributed by atoms with Crippen LogP contribution in [0.15, 0.2) is 47.6 Å². The lowest BCUT2D eigenvalue weighted by atomic mass is 9.79. The first-order chi connectivity index (χ1) is 14.2. The van der Waals surface area contributed by atoms with E-state index < -0.39 is 0 Å². The van der Waals surface area contributed by atoms with Crippen LogP contribution in [0.25, 0.3) is 0 Å². The highest BCUT2D eigenvalue weighted by Crippen LogP contribution is 2.34. The Kier molecular flexibility index (Phi) is 7.05. The van der Waals surface area contributed by atoms with Gasteiger partial charge in [-0.1, -0.05) is 6.07 Å². The minimum absolute atomic E-state index is 0. The summed E-state index contributed by atoms with van der Waals surface area (Å²) in [6.07, 6.45) is 2.19. The van der Waals surface area contributed by atoms with Gasteiger partial charge in [0, 0.05) is 17.9 Å². The first-order valence-corrected chi connectivity index (χ1v) is 10.5. The van der Waals surface area contributed by atoms with Gasteiger partial charge in [0.1, 0.15) is 24.2 Å². The minimum atomic E-state index is -0.273. The van der Waals surface area contributed by atoms with E-state index in [1.54, 1.807) is 6.07 Å². The fraction of sp³-hybridized carbons (Fsp3) is 0.417. The van der Waals surface area contributed by atoms with Crippen LogP contribution in [0, 0.1) is 11.7 Å². The average Bonchev–Trinajstić information content (AvgIpc) is 2.66. The molecule has 2 aromatic rings. The molecule has 0 N–H and O–H groups in total. The quantitative estimate of drug-likeness (QED) is 0.422. The number of hydrazone groups is 1. The van der Waals surface area contributed by atoms with Gasteiger partial charge in [0.15, 0.2) is 0 Å². The van der Waals surface area contributed by atoms with E-state index in [1.807, 2.05) is 30.3 Å². The summed E-state index contributed by atoms with van der Waals surface area (Å²) in [6.45, 7) is 2.94. The van der Waals surface area contributed by atoms with Gasteiger partial charge in [-0.05, 0) is 61.7 Å². The number of fused-ring (bicyclic) bond motifs is 3. The van der Waals surface area contributed by atoms with Gasteiger partial charge in [0.2, 0.25) is 5.91 Å². The molecule has 2 unspecified atom stereocenters. The molecule has 0 radical (unpaired) electrons. The van der Waals surface area contributed by atoms with Crippen LogP contribution < -0.4 is 33.7 Å². The van der Waals surface area contributed by atoms with Gasteiger partial charge in [0.05, 0.1) is 32.5 Å². The Hall–Kier alpha value is -2.00. The SMILES string of the molecule is CC(C[N+](C)(C)C)Oc1ccc(N2N=C3c4cc(F)ccc4CCC3CC2=O)cc1.[I-]. The summed E-state index contributed by atoms with van der Waals surface area (Å²) in [5.41, 5.74) is 3.43. The molecule has 7 heteroatoms. The van der Waals surface area contributed by atoms with Crippen LogP contribution in [0.1, 0.15) is 30.9 Å². The molecular weight excluding hydrogens is 508 g/mol. The second-order valence-corrected chi connectivity index (χ2v) is 9.33. The number of amides is 1. The molecule has 1 amide bonds. The van der Waals surface area contributed by atoms with Crippen LogP contribution in [-0.4, -0.2) is 49.9 Å². The number of carbonyl (C=O) groups excluding carboxylic acids is 1. The van der Waals surface area contributed by atoms with Crippen molar-refractivity contribution in [2.75, 3.05) is 32.7 Å².